The third kappa shape index (κ3) is 2.95. The Morgan fingerprint density at radius 3 is 2.60 bits per heavy atom. The molecular formula is C11H15NO3. The second-order valence-corrected chi connectivity index (χ2v) is 3.66. The molecule has 1 rings (SSSR count). The number of aromatic hydroxyl groups is 1. The van der Waals surface area contributed by atoms with Gasteiger partial charge in [0.25, 0.3) is 0 Å². The first-order valence-corrected chi connectivity index (χ1v) is 4.71. The summed E-state index contributed by atoms with van der Waals surface area (Å²) < 4.78 is 0. The Labute approximate surface area is 88.8 Å². The average molecular weight is 209 g/mol. The maximum absolute atomic E-state index is 10.9. The van der Waals surface area contributed by atoms with E-state index in [-0.39, 0.29) is 11.3 Å². The summed E-state index contributed by atoms with van der Waals surface area (Å²) in [5.74, 6) is -0.948. The molecule has 1 aromatic carbocycles. The Kier molecular flexibility index (Phi) is 3.68. The zero-order valence-corrected chi connectivity index (χ0v) is 8.90. The number of aromatic carboxylic acids is 1. The number of carbonyl (C=O) groups is 1. The van der Waals surface area contributed by atoms with Crippen molar-refractivity contribution in [2.24, 2.45) is 0 Å². The fourth-order valence-electron chi connectivity index (χ4n) is 1.37. The van der Waals surface area contributed by atoms with E-state index in [1.54, 1.807) is 0 Å². The van der Waals surface area contributed by atoms with Crippen LogP contribution in [0.25, 0.3) is 0 Å². The molecule has 0 fully saturated rings. The summed E-state index contributed by atoms with van der Waals surface area (Å²) in [4.78, 5) is 12.8. The standard InChI is InChI=1S/C11H15NO3/c1-12(2)7-6-8-9(11(14)15)4-3-5-10(8)13/h3-5,13H,6-7H2,1-2H3,(H,14,15). The smallest absolute Gasteiger partial charge is 0.336 e. The van der Waals surface area contributed by atoms with Crippen molar-refractivity contribution in [2.45, 2.75) is 6.42 Å². The first-order chi connectivity index (χ1) is 7.02. The zero-order valence-electron chi connectivity index (χ0n) is 8.90. The van der Waals surface area contributed by atoms with E-state index < -0.39 is 5.97 Å². The van der Waals surface area contributed by atoms with Crippen LogP contribution in [0.5, 0.6) is 5.75 Å². The largest absolute Gasteiger partial charge is 0.508 e. The molecule has 0 bridgehead atoms. The molecule has 0 saturated carbocycles. The molecule has 0 aliphatic carbocycles. The third-order valence-corrected chi connectivity index (χ3v) is 2.19. The van der Waals surface area contributed by atoms with Gasteiger partial charge in [-0.15, -0.1) is 0 Å². The molecule has 82 valence electrons. The van der Waals surface area contributed by atoms with E-state index in [0.717, 1.165) is 0 Å². The van der Waals surface area contributed by atoms with Crippen LogP contribution in [0.2, 0.25) is 0 Å². The predicted molar refractivity (Wildman–Crippen MR) is 57.3 cm³/mol. The lowest BCUT2D eigenvalue weighted by Crippen LogP contribution is -2.16. The molecule has 0 spiro atoms. The van der Waals surface area contributed by atoms with E-state index in [9.17, 15) is 9.90 Å². The Morgan fingerprint density at radius 2 is 2.07 bits per heavy atom. The molecule has 1 aromatic rings. The van der Waals surface area contributed by atoms with Gasteiger partial charge in [0.05, 0.1) is 5.56 Å². The van der Waals surface area contributed by atoms with Crippen LogP contribution < -0.4 is 0 Å². The summed E-state index contributed by atoms with van der Waals surface area (Å²) in [7, 11) is 3.81. The van der Waals surface area contributed by atoms with Crippen LogP contribution in [-0.2, 0) is 6.42 Å². The maximum Gasteiger partial charge on any atom is 0.336 e. The molecule has 4 nitrogen and oxygen atoms in total. The third-order valence-electron chi connectivity index (χ3n) is 2.19. The molecule has 15 heavy (non-hydrogen) atoms. The van der Waals surface area contributed by atoms with E-state index in [0.29, 0.717) is 18.5 Å². The lowest BCUT2D eigenvalue weighted by Gasteiger charge is -2.12. The number of benzene rings is 1. The normalized spacial score (nSPS) is 10.6. The number of nitrogens with zero attached hydrogens (tertiary/aromatic N) is 1. The fourth-order valence-corrected chi connectivity index (χ4v) is 1.37. The van der Waals surface area contributed by atoms with Crippen molar-refractivity contribution in [3.05, 3.63) is 29.3 Å². The highest BCUT2D eigenvalue weighted by atomic mass is 16.4. The molecular weight excluding hydrogens is 194 g/mol. The van der Waals surface area contributed by atoms with Gasteiger partial charge in [-0.25, -0.2) is 4.79 Å². The second-order valence-electron chi connectivity index (χ2n) is 3.66. The van der Waals surface area contributed by atoms with Gasteiger partial charge in [-0.2, -0.15) is 0 Å². The Bertz CT molecular complexity index is 361. The first kappa shape index (κ1) is 11.5. The number of likely N-dealkylation sites (N-methyl/N-ethyl adjacent to an activating group) is 1. The molecule has 0 aliphatic rings. The van der Waals surface area contributed by atoms with Crippen LogP contribution >= 0.6 is 0 Å². The van der Waals surface area contributed by atoms with Gasteiger partial charge >= 0.3 is 5.97 Å². The second kappa shape index (κ2) is 4.79. The summed E-state index contributed by atoms with van der Waals surface area (Å²) in [6.45, 7) is 0.706. The van der Waals surface area contributed by atoms with Crippen molar-refractivity contribution in [1.82, 2.24) is 4.90 Å². The van der Waals surface area contributed by atoms with Crippen molar-refractivity contribution in [2.75, 3.05) is 20.6 Å². The number of carboxylic acid groups (broad SMARTS) is 1. The van der Waals surface area contributed by atoms with Crippen LogP contribution in [0.1, 0.15) is 15.9 Å². The molecule has 0 atom stereocenters. The average Bonchev–Trinajstić information content (AvgIpc) is 2.15. The minimum Gasteiger partial charge on any atom is -0.508 e. The fraction of sp³-hybridized carbons (Fsp3) is 0.364. The SMILES string of the molecule is CN(C)CCc1c(O)cccc1C(=O)O. The number of rotatable bonds is 4. The zero-order chi connectivity index (χ0) is 11.4. The molecule has 0 aliphatic heterocycles. The van der Waals surface area contributed by atoms with Gasteiger partial charge in [0.2, 0.25) is 0 Å². The predicted octanol–water partition coefficient (Wildman–Crippen LogP) is 1.19. The van der Waals surface area contributed by atoms with Gasteiger partial charge in [-0.05, 0) is 32.6 Å². The van der Waals surface area contributed by atoms with Crippen LogP contribution in [-0.4, -0.2) is 41.7 Å². The van der Waals surface area contributed by atoms with Crippen molar-refractivity contribution < 1.29 is 15.0 Å². The van der Waals surface area contributed by atoms with Gasteiger partial charge < -0.3 is 15.1 Å². The highest BCUT2D eigenvalue weighted by molar-refractivity contribution is 5.90. The number of hydrogen-bond acceptors (Lipinski definition) is 3. The van der Waals surface area contributed by atoms with E-state index in [1.807, 2.05) is 19.0 Å². The quantitative estimate of drug-likeness (QED) is 0.782. The molecule has 0 aromatic heterocycles. The number of carboxylic acids is 1. The van der Waals surface area contributed by atoms with E-state index >= 15 is 0 Å². The van der Waals surface area contributed by atoms with Crippen LogP contribution in [0.15, 0.2) is 18.2 Å². The Morgan fingerprint density at radius 1 is 1.40 bits per heavy atom. The topological polar surface area (TPSA) is 60.8 Å². The summed E-state index contributed by atoms with van der Waals surface area (Å²) >= 11 is 0. The highest BCUT2D eigenvalue weighted by Gasteiger charge is 2.13. The number of phenols is 1. The van der Waals surface area contributed by atoms with Crippen molar-refractivity contribution in [1.29, 1.82) is 0 Å². The number of phenolic OH excluding ortho intramolecular Hbond substituents is 1. The van der Waals surface area contributed by atoms with Gasteiger partial charge in [-0.3, -0.25) is 0 Å². The minimum absolute atomic E-state index is 0.0525. The van der Waals surface area contributed by atoms with Crippen molar-refractivity contribution >= 4 is 5.97 Å². The molecule has 0 heterocycles. The van der Waals surface area contributed by atoms with Gasteiger partial charge in [-0.1, -0.05) is 6.07 Å². The monoisotopic (exact) mass is 209 g/mol. The summed E-state index contributed by atoms with van der Waals surface area (Å²) in [6.07, 6.45) is 0.529. The molecule has 0 unspecified atom stereocenters. The van der Waals surface area contributed by atoms with Gasteiger partial charge in [0, 0.05) is 12.1 Å². The first-order valence-electron chi connectivity index (χ1n) is 4.71. The Balaban J connectivity index is 2.97. The molecule has 2 N–H and O–H groups in total. The molecule has 0 saturated heterocycles. The number of hydrogen-bond donors (Lipinski definition) is 2. The maximum atomic E-state index is 10.9. The van der Waals surface area contributed by atoms with E-state index in [2.05, 4.69) is 0 Å². The minimum atomic E-state index is -1.00. The Hall–Kier alpha value is -1.55. The van der Waals surface area contributed by atoms with Gasteiger partial charge in [0.1, 0.15) is 5.75 Å². The highest BCUT2D eigenvalue weighted by Crippen LogP contribution is 2.21. The summed E-state index contributed by atoms with van der Waals surface area (Å²) in [5, 5.41) is 18.5. The van der Waals surface area contributed by atoms with Crippen molar-refractivity contribution in [3.8, 4) is 5.75 Å². The van der Waals surface area contributed by atoms with E-state index in [1.165, 1.54) is 18.2 Å². The molecule has 4 heteroatoms. The van der Waals surface area contributed by atoms with E-state index in [4.69, 9.17) is 5.11 Å². The van der Waals surface area contributed by atoms with Crippen molar-refractivity contribution in [3.63, 3.8) is 0 Å². The molecule has 0 radical (unpaired) electrons. The van der Waals surface area contributed by atoms with Crippen LogP contribution in [0.3, 0.4) is 0 Å². The van der Waals surface area contributed by atoms with Crippen LogP contribution in [0, 0.1) is 0 Å². The molecule has 0 amide bonds. The van der Waals surface area contributed by atoms with Gasteiger partial charge in [0.15, 0.2) is 0 Å². The van der Waals surface area contributed by atoms with Crippen LogP contribution in [0.4, 0.5) is 0 Å². The lowest BCUT2D eigenvalue weighted by atomic mass is 10.0. The lowest BCUT2D eigenvalue weighted by molar-refractivity contribution is 0.0695. The summed E-state index contributed by atoms with van der Waals surface area (Å²) in [5.41, 5.74) is 0.676. The summed E-state index contributed by atoms with van der Waals surface area (Å²) in [6, 6.07) is 4.56.